The van der Waals surface area contributed by atoms with E-state index in [4.69, 9.17) is 4.74 Å². The van der Waals surface area contributed by atoms with Crippen LogP contribution in [0.4, 0.5) is 18.9 Å². The summed E-state index contributed by atoms with van der Waals surface area (Å²) in [5.74, 6) is -0.860. The molecule has 0 unspecified atom stereocenters. The molecule has 1 aromatic heterocycles. The number of aromatic nitrogens is 2. The van der Waals surface area contributed by atoms with E-state index in [1.807, 2.05) is 6.07 Å². The van der Waals surface area contributed by atoms with Crippen LogP contribution in [-0.4, -0.2) is 35.6 Å². The minimum Gasteiger partial charge on any atom is -0.371 e. The highest BCUT2D eigenvalue weighted by atomic mass is 19.4. The summed E-state index contributed by atoms with van der Waals surface area (Å²) in [6.45, 7) is 1.80. The number of anilines is 1. The number of hydrogen-bond acceptors (Lipinski definition) is 6. The van der Waals surface area contributed by atoms with Gasteiger partial charge in [0, 0.05) is 18.8 Å². The molecule has 2 heterocycles. The number of carbonyl (C=O) groups is 1. The van der Waals surface area contributed by atoms with Crippen LogP contribution in [-0.2, 0) is 10.9 Å². The fourth-order valence-corrected chi connectivity index (χ4v) is 2.58. The summed E-state index contributed by atoms with van der Waals surface area (Å²) >= 11 is 0. The zero-order valence-electron chi connectivity index (χ0n) is 13.9. The summed E-state index contributed by atoms with van der Waals surface area (Å²) in [4.78, 5) is 18.9. The van der Waals surface area contributed by atoms with Crippen molar-refractivity contribution in [3.8, 4) is 6.07 Å². The Hall–Kier alpha value is -3.03. The van der Waals surface area contributed by atoms with Gasteiger partial charge in [0.1, 0.15) is 5.69 Å². The average Bonchev–Trinajstić information content (AvgIpc) is 2.68. The normalized spacial score (nSPS) is 17.2. The summed E-state index contributed by atoms with van der Waals surface area (Å²) in [7, 11) is 0. The van der Waals surface area contributed by atoms with Crippen LogP contribution in [0.2, 0.25) is 0 Å². The Kier molecular flexibility index (Phi) is 5.34. The van der Waals surface area contributed by atoms with Crippen LogP contribution in [0.5, 0.6) is 0 Å². The van der Waals surface area contributed by atoms with Crippen LogP contribution in [0.3, 0.4) is 0 Å². The minimum absolute atomic E-state index is 0.253. The van der Waals surface area contributed by atoms with E-state index in [9.17, 15) is 23.2 Å². The Balaban J connectivity index is 1.79. The predicted molar refractivity (Wildman–Crippen MR) is 87.7 cm³/mol. The van der Waals surface area contributed by atoms with Gasteiger partial charge < -0.3 is 15.4 Å². The first-order valence-electron chi connectivity index (χ1n) is 7.95. The molecule has 1 aliphatic heterocycles. The summed E-state index contributed by atoms with van der Waals surface area (Å²) < 4.78 is 43.7. The van der Waals surface area contributed by atoms with Gasteiger partial charge in [-0.05, 0) is 17.7 Å². The lowest BCUT2D eigenvalue weighted by molar-refractivity contribution is -0.141. The van der Waals surface area contributed by atoms with Crippen LogP contribution in [0, 0.1) is 11.3 Å². The maximum atomic E-state index is 12.7. The predicted octanol–water partition coefficient (Wildman–Crippen LogP) is 2.28. The Bertz CT molecular complexity index is 889. The highest BCUT2D eigenvalue weighted by molar-refractivity contribution is 6.02. The van der Waals surface area contributed by atoms with Gasteiger partial charge in [0.15, 0.2) is 5.69 Å². The molecule has 0 saturated carbocycles. The van der Waals surface area contributed by atoms with Crippen molar-refractivity contribution in [1.82, 2.24) is 15.3 Å². The molecule has 1 fully saturated rings. The number of rotatable bonds is 3. The zero-order chi connectivity index (χ0) is 19.4. The molecule has 3 rings (SSSR count). The third kappa shape index (κ3) is 4.39. The second-order valence-corrected chi connectivity index (χ2v) is 5.72. The van der Waals surface area contributed by atoms with E-state index >= 15 is 0 Å². The van der Waals surface area contributed by atoms with E-state index < -0.39 is 23.5 Å². The highest BCUT2D eigenvalue weighted by Crippen LogP contribution is 2.27. The molecule has 1 aromatic carbocycles. The van der Waals surface area contributed by atoms with Gasteiger partial charge in [-0.15, -0.1) is 0 Å². The number of halogens is 3. The van der Waals surface area contributed by atoms with Gasteiger partial charge in [-0.1, -0.05) is 6.07 Å². The van der Waals surface area contributed by atoms with Gasteiger partial charge in [0.2, 0.25) is 0 Å². The second kappa shape index (κ2) is 7.69. The molecule has 7 nitrogen and oxygen atoms in total. The molecule has 0 aliphatic carbocycles. The van der Waals surface area contributed by atoms with Crippen molar-refractivity contribution < 1.29 is 22.7 Å². The number of carbonyl (C=O) groups excluding carboxylic acids is 1. The number of benzene rings is 1. The Morgan fingerprint density at radius 3 is 2.85 bits per heavy atom. The van der Waals surface area contributed by atoms with E-state index in [1.165, 1.54) is 6.07 Å². The molecule has 10 heteroatoms. The number of morpholine rings is 1. The van der Waals surface area contributed by atoms with Crippen LogP contribution in [0.25, 0.3) is 0 Å². The highest BCUT2D eigenvalue weighted by Gasteiger charge is 2.33. The van der Waals surface area contributed by atoms with Crippen LogP contribution < -0.4 is 10.6 Å². The fourth-order valence-electron chi connectivity index (χ4n) is 2.58. The number of nitriles is 1. The quantitative estimate of drug-likeness (QED) is 0.851. The first-order valence-corrected chi connectivity index (χ1v) is 7.95. The average molecular weight is 377 g/mol. The number of alkyl halides is 3. The summed E-state index contributed by atoms with van der Waals surface area (Å²) in [5, 5.41) is 14.9. The number of amides is 1. The van der Waals surface area contributed by atoms with Crippen molar-refractivity contribution in [3.05, 3.63) is 53.1 Å². The monoisotopic (exact) mass is 377 g/mol. The Morgan fingerprint density at radius 2 is 2.19 bits per heavy atom. The van der Waals surface area contributed by atoms with Crippen molar-refractivity contribution in [2.24, 2.45) is 0 Å². The van der Waals surface area contributed by atoms with Gasteiger partial charge in [-0.25, -0.2) is 4.98 Å². The topological polar surface area (TPSA) is 99.9 Å². The first-order chi connectivity index (χ1) is 12.9. The maximum absolute atomic E-state index is 12.7. The number of nitrogens with zero attached hydrogens (tertiary/aromatic N) is 3. The van der Waals surface area contributed by atoms with E-state index in [1.54, 1.807) is 12.1 Å². The molecular weight excluding hydrogens is 363 g/mol. The van der Waals surface area contributed by atoms with Crippen molar-refractivity contribution >= 4 is 11.6 Å². The van der Waals surface area contributed by atoms with Crippen molar-refractivity contribution in [1.29, 1.82) is 5.26 Å². The van der Waals surface area contributed by atoms with Crippen molar-refractivity contribution in [2.75, 3.05) is 25.0 Å². The molecule has 0 bridgehead atoms. The fraction of sp³-hybridized carbons (Fsp3) is 0.294. The van der Waals surface area contributed by atoms with E-state index in [0.717, 1.165) is 12.7 Å². The van der Waals surface area contributed by atoms with Crippen LogP contribution >= 0.6 is 0 Å². The van der Waals surface area contributed by atoms with Gasteiger partial charge in [-0.3, -0.25) is 9.78 Å². The number of ether oxygens (including phenoxy) is 1. The molecule has 27 heavy (non-hydrogen) atoms. The molecule has 1 aliphatic rings. The lowest BCUT2D eigenvalue weighted by Crippen LogP contribution is -2.33. The second-order valence-electron chi connectivity index (χ2n) is 5.72. The molecule has 1 amide bonds. The molecule has 2 aromatic rings. The summed E-state index contributed by atoms with van der Waals surface area (Å²) in [6, 6.07) is 6.67. The summed E-state index contributed by atoms with van der Waals surface area (Å²) in [6.07, 6.45) is -3.51. The Morgan fingerprint density at radius 1 is 1.37 bits per heavy atom. The van der Waals surface area contributed by atoms with Gasteiger partial charge in [-0.2, -0.15) is 18.4 Å². The van der Waals surface area contributed by atoms with Crippen LogP contribution in [0.1, 0.15) is 33.4 Å². The van der Waals surface area contributed by atoms with Gasteiger partial charge >= 0.3 is 6.18 Å². The SMILES string of the molecule is N#Cc1cc(NC(=O)c2cncc(C(F)(F)F)n2)ccc1[C@@H]1CNCCO1. The van der Waals surface area contributed by atoms with Gasteiger partial charge in [0.05, 0.1) is 36.7 Å². The molecule has 140 valence electrons. The third-order valence-corrected chi connectivity index (χ3v) is 3.86. The standard InChI is InChI=1S/C17H14F3N5O2/c18-17(19,20)15-9-23-7-13(25-15)16(26)24-11-1-2-12(10(5-11)6-21)14-8-22-3-4-27-14/h1-2,5,7,9,14,22H,3-4,8H2,(H,24,26)/t14-/m0/s1. The number of nitrogens with one attached hydrogen (secondary N) is 2. The Labute approximate surface area is 152 Å². The molecular formula is C17H14F3N5O2. The first kappa shape index (κ1) is 18.8. The van der Waals surface area contributed by atoms with Crippen molar-refractivity contribution in [3.63, 3.8) is 0 Å². The lowest BCUT2D eigenvalue weighted by Gasteiger charge is -2.24. The largest absolute Gasteiger partial charge is 0.434 e. The molecule has 1 saturated heterocycles. The third-order valence-electron chi connectivity index (χ3n) is 3.86. The number of hydrogen-bond donors (Lipinski definition) is 2. The zero-order valence-corrected chi connectivity index (χ0v) is 13.9. The van der Waals surface area contributed by atoms with E-state index in [2.05, 4.69) is 20.6 Å². The smallest absolute Gasteiger partial charge is 0.371 e. The van der Waals surface area contributed by atoms with Gasteiger partial charge in [0.25, 0.3) is 5.91 Å². The molecule has 0 radical (unpaired) electrons. The lowest BCUT2D eigenvalue weighted by atomic mass is 10.0. The van der Waals surface area contributed by atoms with Crippen LogP contribution in [0.15, 0.2) is 30.6 Å². The summed E-state index contributed by atoms with van der Waals surface area (Å²) in [5.41, 5.74) is -0.515. The van der Waals surface area contributed by atoms with E-state index in [-0.39, 0.29) is 11.8 Å². The maximum Gasteiger partial charge on any atom is 0.434 e. The minimum atomic E-state index is -4.70. The molecule has 1 atom stereocenters. The van der Waals surface area contributed by atoms with Crippen molar-refractivity contribution in [2.45, 2.75) is 12.3 Å². The van der Waals surface area contributed by atoms with E-state index in [0.29, 0.717) is 30.5 Å². The molecule has 0 spiro atoms. The molecule has 2 N–H and O–H groups in total.